The quantitative estimate of drug-likeness (QED) is 0.563. The van der Waals surface area contributed by atoms with Gasteiger partial charge in [0.25, 0.3) is 12.3 Å². The van der Waals surface area contributed by atoms with Crippen LogP contribution in [0.1, 0.15) is 12.8 Å². The van der Waals surface area contributed by atoms with Crippen molar-refractivity contribution >= 4 is 47.8 Å². The van der Waals surface area contributed by atoms with Gasteiger partial charge >= 0.3 is 11.9 Å². The fraction of sp³-hybridized carbons (Fsp3) is 0.800. The molecule has 0 fully saturated rings. The Labute approximate surface area is 126 Å². The first-order chi connectivity index (χ1) is 9.02. The van der Waals surface area contributed by atoms with Gasteiger partial charge in [0.15, 0.2) is 0 Å². The van der Waals surface area contributed by atoms with Crippen molar-refractivity contribution in [2.45, 2.75) is 24.9 Å². The standard InChI is InChI=1S/C10H20N2O4S3/c1-17-5-3-7(11)9(13)15-19-16-10(14)8(12)4-6-18-2/h7-8H,3-6,11-12H2,1-2H3/t7-,8-/m0/s1. The maximum absolute atomic E-state index is 11.4. The monoisotopic (exact) mass is 328 g/mol. The molecule has 0 rings (SSSR count). The molecule has 0 aromatic heterocycles. The Kier molecular flexibility index (Phi) is 11.7. The number of hydrogen-bond donors (Lipinski definition) is 2. The summed E-state index contributed by atoms with van der Waals surface area (Å²) in [6.07, 6.45) is 4.87. The molecule has 19 heavy (non-hydrogen) atoms. The lowest BCUT2D eigenvalue weighted by molar-refractivity contribution is -0.137. The lowest BCUT2D eigenvalue weighted by Gasteiger charge is -2.10. The van der Waals surface area contributed by atoms with Gasteiger partial charge in [0.05, 0.1) is 0 Å². The molecule has 0 spiro atoms. The second-order valence-electron chi connectivity index (χ2n) is 3.65. The van der Waals surface area contributed by atoms with E-state index < -0.39 is 24.0 Å². The maximum Gasteiger partial charge on any atom is 0.337 e. The molecular formula is C10H20N2O4S3. The predicted molar refractivity (Wildman–Crippen MR) is 81.7 cm³/mol. The normalized spacial score (nSPS) is 13.7. The van der Waals surface area contributed by atoms with Crippen LogP contribution in [0.3, 0.4) is 0 Å². The summed E-state index contributed by atoms with van der Waals surface area (Å²) in [5.74, 6) is 0.315. The number of hydrogen-bond acceptors (Lipinski definition) is 9. The maximum atomic E-state index is 11.4. The Hall–Kier alpha value is -0.0900. The third-order valence-corrected chi connectivity index (χ3v) is 3.86. The van der Waals surface area contributed by atoms with Crippen LogP contribution in [0.5, 0.6) is 0 Å². The molecule has 0 aromatic rings. The number of carbonyl (C=O) groups excluding carboxylic acids is 2. The van der Waals surface area contributed by atoms with Gasteiger partial charge in [0.2, 0.25) is 0 Å². The van der Waals surface area contributed by atoms with Crippen LogP contribution in [-0.4, -0.2) is 48.0 Å². The van der Waals surface area contributed by atoms with Gasteiger partial charge in [-0.1, -0.05) is 0 Å². The topological polar surface area (TPSA) is 105 Å². The minimum absolute atomic E-state index is 0.320. The predicted octanol–water partition coefficient (Wildman–Crippen LogP) is 0.797. The van der Waals surface area contributed by atoms with E-state index in [1.165, 1.54) is 0 Å². The summed E-state index contributed by atoms with van der Waals surface area (Å²) < 4.78 is 9.33. The first kappa shape index (κ1) is 18.9. The van der Waals surface area contributed by atoms with Crippen LogP contribution in [0.15, 0.2) is 0 Å². The third-order valence-electron chi connectivity index (χ3n) is 2.10. The molecule has 4 N–H and O–H groups in total. The molecule has 0 heterocycles. The van der Waals surface area contributed by atoms with Gasteiger partial charge in [0, 0.05) is 0 Å². The molecular weight excluding hydrogens is 308 g/mol. The van der Waals surface area contributed by atoms with Gasteiger partial charge in [-0.2, -0.15) is 23.5 Å². The van der Waals surface area contributed by atoms with Crippen molar-refractivity contribution in [3.63, 3.8) is 0 Å². The van der Waals surface area contributed by atoms with Crippen molar-refractivity contribution in [1.29, 1.82) is 0 Å². The van der Waals surface area contributed by atoms with E-state index in [0.717, 1.165) is 11.5 Å². The summed E-state index contributed by atoms with van der Waals surface area (Å²) in [5.41, 5.74) is 11.2. The summed E-state index contributed by atoms with van der Waals surface area (Å²) in [6, 6.07) is -1.41. The van der Waals surface area contributed by atoms with Crippen LogP contribution >= 0.6 is 35.8 Å². The smallest absolute Gasteiger partial charge is 0.337 e. The molecule has 0 bridgehead atoms. The largest absolute Gasteiger partial charge is 0.353 e. The number of thioether (sulfide) groups is 2. The Morgan fingerprint density at radius 1 is 0.947 bits per heavy atom. The second-order valence-corrected chi connectivity index (χ2v) is 6.09. The van der Waals surface area contributed by atoms with Crippen LogP contribution < -0.4 is 11.5 Å². The average Bonchev–Trinajstić information content (AvgIpc) is 2.41. The van der Waals surface area contributed by atoms with E-state index in [-0.39, 0.29) is 0 Å². The van der Waals surface area contributed by atoms with E-state index in [0.29, 0.717) is 25.2 Å². The molecule has 0 radical (unpaired) electrons. The van der Waals surface area contributed by atoms with Gasteiger partial charge in [-0.25, -0.2) is 9.59 Å². The van der Waals surface area contributed by atoms with Gasteiger partial charge < -0.3 is 19.8 Å². The van der Waals surface area contributed by atoms with Crippen molar-refractivity contribution in [3.05, 3.63) is 0 Å². The Bertz CT molecular complexity index is 256. The van der Waals surface area contributed by atoms with Gasteiger partial charge in [-0.05, 0) is 36.9 Å². The SMILES string of the molecule is CSCC[C@H](N)C(=O)OSOC(=O)[C@@H](N)CCSC. The summed E-state index contributed by atoms with van der Waals surface area (Å²) in [7, 11) is 0. The Balaban J connectivity index is 3.77. The highest BCUT2D eigenvalue weighted by Crippen LogP contribution is 2.11. The van der Waals surface area contributed by atoms with E-state index in [4.69, 9.17) is 11.5 Å². The van der Waals surface area contributed by atoms with Gasteiger partial charge in [-0.3, -0.25) is 0 Å². The van der Waals surface area contributed by atoms with E-state index in [1.54, 1.807) is 23.5 Å². The van der Waals surface area contributed by atoms with E-state index >= 15 is 0 Å². The number of rotatable bonds is 10. The first-order valence-corrected chi connectivity index (χ1v) is 9.06. The third kappa shape index (κ3) is 9.44. The van der Waals surface area contributed by atoms with Crippen molar-refractivity contribution in [2.75, 3.05) is 24.0 Å². The van der Waals surface area contributed by atoms with E-state index in [9.17, 15) is 9.59 Å². The van der Waals surface area contributed by atoms with Crippen LogP contribution in [0, 0.1) is 0 Å². The van der Waals surface area contributed by atoms with Crippen LogP contribution in [-0.2, 0) is 18.0 Å². The summed E-state index contributed by atoms with van der Waals surface area (Å²) in [5, 5.41) is 0. The molecule has 6 nitrogen and oxygen atoms in total. The molecule has 9 heteroatoms. The lowest BCUT2D eigenvalue weighted by Crippen LogP contribution is -2.33. The highest BCUT2D eigenvalue weighted by Gasteiger charge is 2.19. The van der Waals surface area contributed by atoms with E-state index in [1.807, 2.05) is 12.5 Å². The molecule has 0 aromatic carbocycles. The highest BCUT2D eigenvalue weighted by molar-refractivity contribution is 7.98. The number of nitrogens with two attached hydrogens (primary N) is 2. The molecule has 0 aliphatic rings. The lowest BCUT2D eigenvalue weighted by atomic mass is 10.2. The molecule has 2 atom stereocenters. The first-order valence-electron chi connectivity index (χ1n) is 5.60. The summed E-state index contributed by atoms with van der Waals surface area (Å²) in [4.78, 5) is 22.7. The zero-order chi connectivity index (χ0) is 14.7. The van der Waals surface area contributed by atoms with Crippen molar-refractivity contribution < 1.29 is 18.0 Å². The highest BCUT2D eigenvalue weighted by atomic mass is 32.2. The molecule has 0 aliphatic heterocycles. The minimum atomic E-state index is -0.705. The number of carbonyl (C=O) groups is 2. The molecule has 0 aliphatic carbocycles. The fourth-order valence-electron chi connectivity index (χ4n) is 0.933. The van der Waals surface area contributed by atoms with Crippen LogP contribution in [0.2, 0.25) is 0 Å². The molecule has 0 unspecified atom stereocenters. The summed E-state index contributed by atoms with van der Waals surface area (Å²) >= 11 is 3.50. The average molecular weight is 328 g/mol. The fourth-order valence-corrected chi connectivity index (χ4v) is 2.33. The van der Waals surface area contributed by atoms with E-state index in [2.05, 4.69) is 8.37 Å². The Morgan fingerprint density at radius 2 is 1.32 bits per heavy atom. The van der Waals surface area contributed by atoms with Crippen molar-refractivity contribution in [3.8, 4) is 0 Å². The minimum Gasteiger partial charge on any atom is -0.353 e. The molecule has 0 saturated carbocycles. The van der Waals surface area contributed by atoms with Gasteiger partial charge in [-0.15, -0.1) is 0 Å². The molecule has 0 saturated heterocycles. The Morgan fingerprint density at radius 3 is 1.63 bits per heavy atom. The zero-order valence-corrected chi connectivity index (χ0v) is 13.4. The molecule has 0 amide bonds. The zero-order valence-electron chi connectivity index (χ0n) is 11.0. The van der Waals surface area contributed by atoms with Crippen molar-refractivity contribution in [1.82, 2.24) is 0 Å². The van der Waals surface area contributed by atoms with Gasteiger partial charge in [0.1, 0.15) is 12.1 Å². The molecule has 112 valence electrons. The second kappa shape index (κ2) is 11.7. The van der Waals surface area contributed by atoms with Crippen molar-refractivity contribution in [2.24, 2.45) is 11.5 Å². The van der Waals surface area contributed by atoms with Crippen LogP contribution in [0.25, 0.3) is 0 Å². The summed E-state index contributed by atoms with van der Waals surface area (Å²) in [6.45, 7) is 0. The van der Waals surface area contributed by atoms with Crippen LogP contribution in [0.4, 0.5) is 0 Å².